The molecule has 0 aromatic rings. The van der Waals surface area contributed by atoms with Gasteiger partial charge in [-0.05, 0) is 27.2 Å². The molecule has 1 heterocycles. The Kier molecular flexibility index (Phi) is 5.94. The van der Waals surface area contributed by atoms with E-state index in [0.29, 0.717) is 26.1 Å². The van der Waals surface area contributed by atoms with Crippen LogP contribution in [-0.4, -0.2) is 37.4 Å². The largest absolute Gasteiger partial charge is 0.463 e. The first-order valence-corrected chi connectivity index (χ1v) is 6.82. The van der Waals surface area contributed by atoms with Gasteiger partial charge in [-0.2, -0.15) is 0 Å². The zero-order valence-corrected chi connectivity index (χ0v) is 12.2. The van der Waals surface area contributed by atoms with Crippen LogP contribution in [-0.2, 0) is 23.8 Å². The van der Waals surface area contributed by atoms with Gasteiger partial charge in [0.15, 0.2) is 5.79 Å². The van der Waals surface area contributed by atoms with E-state index < -0.39 is 5.79 Å². The van der Waals surface area contributed by atoms with E-state index in [2.05, 4.69) is 0 Å². The molecule has 19 heavy (non-hydrogen) atoms. The number of ether oxygens (including phenoxy) is 3. The molecule has 1 aliphatic rings. The van der Waals surface area contributed by atoms with Gasteiger partial charge in [0, 0.05) is 12.3 Å². The minimum absolute atomic E-state index is 0.153. The molecule has 0 N–H and O–H groups in total. The van der Waals surface area contributed by atoms with Crippen molar-refractivity contribution in [3.05, 3.63) is 0 Å². The summed E-state index contributed by atoms with van der Waals surface area (Å²) in [6.45, 7) is 8.29. The van der Waals surface area contributed by atoms with E-state index in [1.54, 1.807) is 6.92 Å². The highest BCUT2D eigenvalue weighted by Crippen LogP contribution is 2.36. The molecule has 5 heteroatoms. The number of aldehydes is 1. The highest BCUT2D eigenvalue weighted by atomic mass is 16.7. The molecule has 0 aliphatic carbocycles. The van der Waals surface area contributed by atoms with Gasteiger partial charge in [0.1, 0.15) is 6.29 Å². The van der Waals surface area contributed by atoms with E-state index in [9.17, 15) is 9.59 Å². The first kappa shape index (κ1) is 16.1. The summed E-state index contributed by atoms with van der Waals surface area (Å²) in [5, 5.41) is 0. The van der Waals surface area contributed by atoms with Crippen molar-refractivity contribution in [2.75, 3.05) is 13.2 Å². The Bertz CT molecular complexity index is 307. The monoisotopic (exact) mass is 272 g/mol. The summed E-state index contributed by atoms with van der Waals surface area (Å²) in [5.41, 5.74) is 0. The van der Waals surface area contributed by atoms with E-state index in [0.717, 1.165) is 6.29 Å². The number of hydrogen-bond acceptors (Lipinski definition) is 5. The lowest BCUT2D eigenvalue weighted by Crippen LogP contribution is -2.43. The van der Waals surface area contributed by atoms with Crippen LogP contribution in [0.1, 0.15) is 40.5 Å². The summed E-state index contributed by atoms with van der Waals surface area (Å²) < 4.78 is 16.5. The first-order chi connectivity index (χ1) is 8.90. The van der Waals surface area contributed by atoms with E-state index in [1.165, 1.54) is 0 Å². The Balaban J connectivity index is 2.77. The molecule has 0 aromatic heterocycles. The van der Waals surface area contributed by atoms with E-state index >= 15 is 0 Å². The molecule has 0 amide bonds. The van der Waals surface area contributed by atoms with Crippen LogP contribution >= 0.6 is 0 Å². The van der Waals surface area contributed by atoms with E-state index in [-0.39, 0.29) is 23.9 Å². The second-order valence-electron chi connectivity index (χ2n) is 5.34. The molecule has 1 fully saturated rings. The fraction of sp³-hybridized carbons (Fsp3) is 0.857. The second-order valence-corrected chi connectivity index (χ2v) is 5.34. The van der Waals surface area contributed by atoms with Crippen LogP contribution in [0.3, 0.4) is 0 Å². The second kappa shape index (κ2) is 7.01. The number of esters is 1. The summed E-state index contributed by atoms with van der Waals surface area (Å²) in [4.78, 5) is 22.6. The molecule has 0 radical (unpaired) electrons. The average molecular weight is 272 g/mol. The summed E-state index contributed by atoms with van der Waals surface area (Å²) >= 11 is 0. The Labute approximate surface area is 114 Å². The Hall–Kier alpha value is -0.940. The third kappa shape index (κ3) is 4.28. The van der Waals surface area contributed by atoms with Crippen molar-refractivity contribution in [3.63, 3.8) is 0 Å². The molecule has 2 atom stereocenters. The summed E-state index contributed by atoms with van der Waals surface area (Å²) in [6, 6.07) is 0. The van der Waals surface area contributed by atoms with Crippen molar-refractivity contribution in [3.8, 4) is 0 Å². The molecule has 0 spiro atoms. The van der Waals surface area contributed by atoms with Crippen molar-refractivity contribution in [1.82, 2.24) is 0 Å². The molecule has 1 aliphatic heterocycles. The number of hydrogen-bond donors (Lipinski definition) is 0. The van der Waals surface area contributed by atoms with Crippen LogP contribution in [0.5, 0.6) is 0 Å². The molecule has 1 rings (SSSR count). The maximum atomic E-state index is 12.0. The van der Waals surface area contributed by atoms with Crippen LogP contribution < -0.4 is 0 Å². The van der Waals surface area contributed by atoms with Crippen LogP contribution in [0.2, 0.25) is 0 Å². The molecular formula is C14H24O5. The summed E-state index contributed by atoms with van der Waals surface area (Å²) in [6.07, 6.45) is 1.63. The molecule has 5 nitrogen and oxygen atoms in total. The van der Waals surface area contributed by atoms with Crippen LogP contribution in [0.15, 0.2) is 0 Å². The van der Waals surface area contributed by atoms with Crippen LogP contribution in [0.25, 0.3) is 0 Å². The van der Waals surface area contributed by atoms with Crippen LogP contribution in [0.4, 0.5) is 0 Å². The van der Waals surface area contributed by atoms with Gasteiger partial charge in [0.05, 0.1) is 25.2 Å². The third-order valence-electron chi connectivity index (χ3n) is 3.46. The topological polar surface area (TPSA) is 61.8 Å². The average Bonchev–Trinajstić information content (AvgIpc) is 2.76. The van der Waals surface area contributed by atoms with Gasteiger partial charge >= 0.3 is 5.97 Å². The maximum Gasteiger partial charge on any atom is 0.309 e. The van der Waals surface area contributed by atoms with Crippen molar-refractivity contribution < 1.29 is 23.8 Å². The maximum absolute atomic E-state index is 12.0. The predicted octanol–water partition coefficient (Wildman–Crippen LogP) is 1.93. The minimum atomic E-state index is -0.807. The molecule has 110 valence electrons. The minimum Gasteiger partial charge on any atom is -0.463 e. The van der Waals surface area contributed by atoms with Crippen molar-refractivity contribution >= 4 is 12.3 Å². The van der Waals surface area contributed by atoms with E-state index in [1.807, 2.05) is 20.8 Å². The predicted molar refractivity (Wildman–Crippen MR) is 69.5 cm³/mol. The highest BCUT2D eigenvalue weighted by molar-refractivity contribution is 5.72. The van der Waals surface area contributed by atoms with Crippen molar-refractivity contribution in [2.45, 2.75) is 52.4 Å². The number of carbonyl (C=O) groups excluding carboxylic acids is 2. The van der Waals surface area contributed by atoms with Gasteiger partial charge in [-0.1, -0.05) is 6.92 Å². The van der Waals surface area contributed by atoms with Gasteiger partial charge in [0.2, 0.25) is 0 Å². The van der Waals surface area contributed by atoms with Gasteiger partial charge in [-0.3, -0.25) is 4.79 Å². The lowest BCUT2D eigenvalue weighted by Gasteiger charge is -2.35. The fourth-order valence-corrected chi connectivity index (χ4v) is 2.46. The number of carbonyl (C=O) groups is 2. The molecule has 2 unspecified atom stereocenters. The lowest BCUT2D eigenvalue weighted by molar-refractivity contribution is -0.202. The molecule has 0 saturated carbocycles. The molecule has 0 bridgehead atoms. The van der Waals surface area contributed by atoms with Gasteiger partial charge in [0.25, 0.3) is 0 Å². The van der Waals surface area contributed by atoms with Crippen molar-refractivity contribution in [1.29, 1.82) is 0 Å². The van der Waals surface area contributed by atoms with Gasteiger partial charge in [-0.15, -0.1) is 0 Å². The first-order valence-electron chi connectivity index (χ1n) is 6.82. The normalized spacial score (nSPS) is 21.1. The highest BCUT2D eigenvalue weighted by Gasteiger charge is 2.44. The smallest absolute Gasteiger partial charge is 0.309 e. The number of rotatable bonds is 7. The third-order valence-corrected chi connectivity index (χ3v) is 3.46. The Morgan fingerprint density at radius 2 is 1.89 bits per heavy atom. The fourth-order valence-electron chi connectivity index (χ4n) is 2.46. The van der Waals surface area contributed by atoms with Crippen molar-refractivity contribution in [2.24, 2.45) is 11.8 Å². The van der Waals surface area contributed by atoms with Gasteiger partial charge in [-0.25, -0.2) is 0 Å². The quantitative estimate of drug-likeness (QED) is 0.523. The summed E-state index contributed by atoms with van der Waals surface area (Å²) in [7, 11) is 0. The van der Waals surface area contributed by atoms with Gasteiger partial charge < -0.3 is 19.0 Å². The Morgan fingerprint density at radius 1 is 1.32 bits per heavy atom. The Morgan fingerprint density at radius 3 is 2.37 bits per heavy atom. The lowest BCUT2D eigenvalue weighted by atomic mass is 9.83. The standard InChI is InChI=1S/C14H24O5/c1-10(2)19-13(16)11(3)12(6-5-7-15)14(4)17-8-9-18-14/h7,10-12H,5-6,8-9H2,1-4H3. The summed E-state index contributed by atoms with van der Waals surface area (Å²) in [5.74, 6) is -1.64. The molecule has 1 saturated heterocycles. The zero-order valence-electron chi connectivity index (χ0n) is 12.2. The van der Waals surface area contributed by atoms with Crippen LogP contribution in [0, 0.1) is 11.8 Å². The molecule has 0 aromatic carbocycles. The SMILES string of the molecule is CC(C)OC(=O)C(C)C(CCC=O)C1(C)OCCO1. The molecular weight excluding hydrogens is 248 g/mol. The zero-order chi connectivity index (χ0) is 14.5. The van der Waals surface area contributed by atoms with E-state index in [4.69, 9.17) is 14.2 Å².